The van der Waals surface area contributed by atoms with Crippen molar-refractivity contribution in [3.05, 3.63) is 34.6 Å². The number of hydrogen-bond acceptors (Lipinski definition) is 1. The van der Waals surface area contributed by atoms with Gasteiger partial charge in [-0.3, -0.25) is 4.99 Å². The van der Waals surface area contributed by atoms with Crippen molar-refractivity contribution < 1.29 is 4.39 Å². The van der Waals surface area contributed by atoms with E-state index in [9.17, 15) is 4.39 Å². The van der Waals surface area contributed by atoms with Gasteiger partial charge in [-0.15, -0.1) is 24.0 Å². The van der Waals surface area contributed by atoms with Gasteiger partial charge in [-0.05, 0) is 43.2 Å². The number of halogens is 3. The molecular formula is C17H24ClFIN3. The first-order valence-electron chi connectivity index (χ1n) is 8.02. The van der Waals surface area contributed by atoms with Crippen LogP contribution in [0.5, 0.6) is 0 Å². The fraction of sp³-hybridized carbons (Fsp3) is 0.588. The second-order valence-electron chi connectivity index (χ2n) is 6.45. The summed E-state index contributed by atoms with van der Waals surface area (Å²) in [6.45, 7) is 2.81. The Labute approximate surface area is 159 Å². The maximum Gasteiger partial charge on any atom is 0.193 e. The number of benzene rings is 1. The standard InChI is InChI=1S/C17H23ClFN3.HI/c1-20-16(22-11-9-17(12-22)7-3-8-17)21-10-6-13-14(18)4-2-5-15(13)19;/h2,4-5H,3,6-12H2,1H3,(H,20,21);1H. The zero-order valence-electron chi connectivity index (χ0n) is 13.4. The van der Waals surface area contributed by atoms with Gasteiger partial charge in [-0.1, -0.05) is 24.1 Å². The molecule has 1 aliphatic carbocycles. The molecule has 1 spiro atoms. The summed E-state index contributed by atoms with van der Waals surface area (Å²) in [6.07, 6.45) is 5.90. The van der Waals surface area contributed by atoms with Crippen LogP contribution in [0, 0.1) is 11.2 Å². The van der Waals surface area contributed by atoms with Crippen molar-refractivity contribution >= 4 is 41.5 Å². The smallest absolute Gasteiger partial charge is 0.193 e. The minimum absolute atomic E-state index is 0. The van der Waals surface area contributed by atoms with E-state index in [2.05, 4.69) is 15.2 Å². The predicted octanol–water partition coefficient (Wildman–Crippen LogP) is 4.09. The molecule has 0 aromatic heterocycles. The Bertz CT molecular complexity index is 555. The zero-order chi connectivity index (χ0) is 15.6. The minimum Gasteiger partial charge on any atom is -0.356 e. The van der Waals surface area contributed by atoms with Crippen molar-refractivity contribution in [2.45, 2.75) is 32.1 Å². The average Bonchev–Trinajstić information content (AvgIpc) is 2.92. The highest BCUT2D eigenvalue weighted by Gasteiger charge is 2.43. The van der Waals surface area contributed by atoms with Gasteiger partial charge >= 0.3 is 0 Å². The Balaban J connectivity index is 0.00000192. The van der Waals surface area contributed by atoms with Crippen LogP contribution in [0.1, 0.15) is 31.2 Å². The summed E-state index contributed by atoms with van der Waals surface area (Å²) in [6, 6.07) is 4.82. The number of guanidine groups is 1. The molecule has 0 radical (unpaired) electrons. The van der Waals surface area contributed by atoms with Gasteiger partial charge < -0.3 is 10.2 Å². The monoisotopic (exact) mass is 451 g/mol. The van der Waals surface area contributed by atoms with Gasteiger partial charge in [0.15, 0.2) is 5.96 Å². The van der Waals surface area contributed by atoms with Crippen LogP contribution in [-0.4, -0.2) is 37.5 Å². The molecule has 1 aromatic rings. The lowest BCUT2D eigenvalue weighted by Gasteiger charge is -2.38. The molecule has 2 fully saturated rings. The normalized spacial score (nSPS) is 19.4. The minimum atomic E-state index is -0.237. The molecule has 1 aromatic carbocycles. The Morgan fingerprint density at radius 1 is 1.39 bits per heavy atom. The molecule has 2 aliphatic rings. The van der Waals surface area contributed by atoms with E-state index in [0.717, 1.165) is 19.0 Å². The van der Waals surface area contributed by atoms with Gasteiger partial charge in [0, 0.05) is 37.3 Å². The summed E-state index contributed by atoms with van der Waals surface area (Å²) in [5.74, 6) is 0.690. The third kappa shape index (κ3) is 4.10. The molecule has 0 unspecified atom stereocenters. The van der Waals surface area contributed by atoms with Crippen molar-refractivity contribution in [3.63, 3.8) is 0 Å². The first kappa shape index (κ1) is 18.8. The fourth-order valence-electron chi connectivity index (χ4n) is 3.60. The van der Waals surface area contributed by atoms with Gasteiger partial charge in [-0.2, -0.15) is 0 Å². The van der Waals surface area contributed by atoms with E-state index in [0.29, 0.717) is 29.0 Å². The molecule has 23 heavy (non-hydrogen) atoms. The first-order chi connectivity index (χ1) is 10.6. The molecule has 1 aliphatic heterocycles. The maximum absolute atomic E-state index is 13.8. The lowest BCUT2D eigenvalue weighted by molar-refractivity contribution is 0.151. The lowest BCUT2D eigenvalue weighted by Crippen LogP contribution is -2.43. The zero-order valence-corrected chi connectivity index (χ0v) is 16.5. The molecule has 0 amide bonds. The van der Waals surface area contributed by atoms with Crippen LogP contribution in [0.2, 0.25) is 5.02 Å². The third-order valence-electron chi connectivity index (χ3n) is 5.08. The third-order valence-corrected chi connectivity index (χ3v) is 5.44. The molecule has 1 N–H and O–H groups in total. The molecule has 1 heterocycles. The number of hydrogen-bond donors (Lipinski definition) is 1. The largest absolute Gasteiger partial charge is 0.356 e. The van der Waals surface area contributed by atoms with Gasteiger partial charge in [0.05, 0.1) is 0 Å². The molecular weight excluding hydrogens is 428 g/mol. The SMILES string of the molecule is CN=C(NCCc1c(F)cccc1Cl)N1CCC2(CCC2)C1.I. The van der Waals surface area contributed by atoms with Crippen LogP contribution in [-0.2, 0) is 6.42 Å². The van der Waals surface area contributed by atoms with Crippen molar-refractivity contribution in [3.8, 4) is 0 Å². The van der Waals surface area contributed by atoms with Crippen molar-refractivity contribution in [1.29, 1.82) is 0 Å². The lowest BCUT2D eigenvalue weighted by atomic mass is 9.68. The Morgan fingerprint density at radius 3 is 2.74 bits per heavy atom. The summed E-state index contributed by atoms with van der Waals surface area (Å²) in [5, 5.41) is 3.84. The van der Waals surface area contributed by atoms with E-state index in [1.807, 2.05) is 7.05 Å². The highest BCUT2D eigenvalue weighted by molar-refractivity contribution is 14.0. The quantitative estimate of drug-likeness (QED) is 0.426. The van der Waals surface area contributed by atoms with Crippen molar-refractivity contribution in [1.82, 2.24) is 10.2 Å². The van der Waals surface area contributed by atoms with E-state index in [1.165, 1.54) is 31.7 Å². The Kier molecular flexibility index (Phi) is 6.54. The van der Waals surface area contributed by atoms with Crippen molar-refractivity contribution in [2.75, 3.05) is 26.7 Å². The summed E-state index contributed by atoms with van der Waals surface area (Å²) < 4.78 is 13.8. The predicted molar refractivity (Wildman–Crippen MR) is 104 cm³/mol. The molecule has 1 saturated heterocycles. The van der Waals surface area contributed by atoms with Gasteiger partial charge in [0.2, 0.25) is 0 Å². The molecule has 128 valence electrons. The molecule has 3 nitrogen and oxygen atoms in total. The number of nitrogens with one attached hydrogen (secondary N) is 1. The van der Waals surface area contributed by atoms with Crippen LogP contribution in [0.4, 0.5) is 4.39 Å². The van der Waals surface area contributed by atoms with Crippen LogP contribution in [0.15, 0.2) is 23.2 Å². The summed E-state index contributed by atoms with van der Waals surface area (Å²) in [7, 11) is 1.81. The van der Waals surface area contributed by atoms with Crippen LogP contribution in [0.3, 0.4) is 0 Å². The number of nitrogens with zero attached hydrogens (tertiary/aromatic N) is 2. The van der Waals surface area contributed by atoms with Crippen molar-refractivity contribution in [2.24, 2.45) is 10.4 Å². The van der Waals surface area contributed by atoms with E-state index >= 15 is 0 Å². The maximum atomic E-state index is 13.8. The van der Waals surface area contributed by atoms with E-state index in [-0.39, 0.29) is 29.8 Å². The topological polar surface area (TPSA) is 27.6 Å². The van der Waals surface area contributed by atoms with E-state index in [4.69, 9.17) is 11.6 Å². The van der Waals surface area contributed by atoms with Crippen LogP contribution < -0.4 is 5.32 Å². The molecule has 0 bridgehead atoms. The van der Waals surface area contributed by atoms with Gasteiger partial charge in [-0.25, -0.2) is 4.39 Å². The Morgan fingerprint density at radius 2 is 2.17 bits per heavy atom. The number of rotatable bonds is 3. The van der Waals surface area contributed by atoms with E-state index in [1.54, 1.807) is 12.1 Å². The molecule has 3 rings (SSSR count). The summed E-state index contributed by atoms with van der Waals surface area (Å²) >= 11 is 6.06. The van der Waals surface area contributed by atoms with Gasteiger partial charge in [0.1, 0.15) is 5.82 Å². The summed E-state index contributed by atoms with van der Waals surface area (Å²) in [4.78, 5) is 6.71. The molecule has 0 atom stereocenters. The molecule has 6 heteroatoms. The average molecular weight is 452 g/mol. The van der Waals surface area contributed by atoms with Crippen LogP contribution >= 0.6 is 35.6 Å². The number of aliphatic imine (C=N–C) groups is 1. The fourth-order valence-corrected chi connectivity index (χ4v) is 3.86. The number of likely N-dealkylation sites (tertiary alicyclic amines) is 1. The second kappa shape index (κ2) is 8.01. The second-order valence-corrected chi connectivity index (χ2v) is 6.86. The highest BCUT2D eigenvalue weighted by Crippen LogP contribution is 2.47. The molecule has 1 saturated carbocycles. The van der Waals surface area contributed by atoms with Crippen LogP contribution in [0.25, 0.3) is 0 Å². The highest BCUT2D eigenvalue weighted by atomic mass is 127. The Hall–Kier alpha value is -0.560. The summed E-state index contributed by atoms with van der Waals surface area (Å²) in [5.41, 5.74) is 1.12. The van der Waals surface area contributed by atoms with Gasteiger partial charge in [0.25, 0.3) is 0 Å². The van der Waals surface area contributed by atoms with E-state index < -0.39 is 0 Å². The first-order valence-corrected chi connectivity index (χ1v) is 8.40.